The van der Waals surface area contributed by atoms with Crippen molar-refractivity contribution in [3.05, 3.63) is 16.1 Å². The fourth-order valence-corrected chi connectivity index (χ4v) is 2.95. The number of thiazole rings is 1. The van der Waals surface area contributed by atoms with Crippen LogP contribution in [0, 0.1) is 6.92 Å². The standard InChI is InChI=1S/C14H26N2OS/c1-5-7-13(17-4)12(15-8-6-2)9-14-16-11(3)10-18-14/h10,12-13,15H,5-9H2,1-4H3. The highest BCUT2D eigenvalue weighted by Gasteiger charge is 2.21. The first-order valence-electron chi connectivity index (χ1n) is 6.88. The molecule has 0 aliphatic rings. The summed E-state index contributed by atoms with van der Waals surface area (Å²) in [5.74, 6) is 0. The van der Waals surface area contributed by atoms with Crippen molar-refractivity contribution in [2.24, 2.45) is 0 Å². The number of hydrogen-bond donors (Lipinski definition) is 1. The Hall–Kier alpha value is -0.450. The highest BCUT2D eigenvalue weighted by Crippen LogP contribution is 2.16. The van der Waals surface area contributed by atoms with E-state index in [9.17, 15) is 0 Å². The number of aryl methyl sites for hydroxylation is 1. The lowest BCUT2D eigenvalue weighted by molar-refractivity contribution is 0.0609. The Bertz CT molecular complexity index is 327. The summed E-state index contributed by atoms with van der Waals surface area (Å²) in [4.78, 5) is 4.56. The van der Waals surface area contributed by atoms with Gasteiger partial charge in [0.25, 0.3) is 0 Å². The smallest absolute Gasteiger partial charge is 0.0944 e. The van der Waals surface area contributed by atoms with Crippen molar-refractivity contribution in [3.63, 3.8) is 0 Å². The van der Waals surface area contributed by atoms with E-state index >= 15 is 0 Å². The molecule has 0 aliphatic heterocycles. The molecule has 2 unspecified atom stereocenters. The molecule has 2 atom stereocenters. The van der Waals surface area contributed by atoms with Crippen molar-refractivity contribution in [1.82, 2.24) is 10.3 Å². The molecular weight excluding hydrogens is 244 g/mol. The van der Waals surface area contributed by atoms with E-state index < -0.39 is 0 Å². The molecule has 1 aromatic rings. The highest BCUT2D eigenvalue weighted by atomic mass is 32.1. The fraction of sp³-hybridized carbons (Fsp3) is 0.786. The Morgan fingerprint density at radius 2 is 2.17 bits per heavy atom. The molecule has 1 aromatic heterocycles. The summed E-state index contributed by atoms with van der Waals surface area (Å²) in [6, 6.07) is 0.375. The van der Waals surface area contributed by atoms with Crippen molar-refractivity contribution in [3.8, 4) is 0 Å². The largest absolute Gasteiger partial charge is 0.380 e. The van der Waals surface area contributed by atoms with Crippen LogP contribution in [0.3, 0.4) is 0 Å². The molecule has 4 heteroatoms. The van der Waals surface area contributed by atoms with Crippen LogP contribution in [-0.2, 0) is 11.2 Å². The van der Waals surface area contributed by atoms with E-state index in [1.165, 1.54) is 5.01 Å². The van der Waals surface area contributed by atoms with Gasteiger partial charge >= 0.3 is 0 Å². The maximum absolute atomic E-state index is 5.64. The number of methoxy groups -OCH3 is 1. The Labute approximate surface area is 115 Å². The molecule has 0 spiro atoms. The average molecular weight is 270 g/mol. The molecule has 0 aromatic carbocycles. The summed E-state index contributed by atoms with van der Waals surface area (Å²) in [7, 11) is 1.81. The number of nitrogens with one attached hydrogen (secondary N) is 1. The van der Waals surface area contributed by atoms with Crippen LogP contribution in [0.25, 0.3) is 0 Å². The van der Waals surface area contributed by atoms with Crippen molar-refractivity contribution in [2.45, 2.75) is 58.6 Å². The van der Waals surface area contributed by atoms with E-state index in [0.717, 1.165) is 37.9 Å². The van der Waals surface area contributed by atoms with Crippen LogP contribution in [0.15, 0.2) is 5.38 Å². The third-order valence-corrected chi connectivity index (χ3v) is 4.03. The Morgan fingerprint density at radius 3 is 2.67 bits per heavy atom. The molecule has 104 valence electrons. The summed E-state index contributed by atoms with van der Waals surface area (Å²) >= 11 is 1.75. The van der Waals surface area contributed by atoms with Crippen LogP contribution < -0.4 is 5.32 Å². The number of hydrogen-bond acceptors (Lipinski definition) is 4. The topological polar surface area (TPSA) is 34.2 Å². The number of rotatable bonds is 9. The molecule has 0 bridgehead atoms. The van der Waals surface area contributed by atoms with Gasteiger partial charge < -0.3 is 10.1 Å². The van der Waals surface area contributed by atoms with Crippen molar-refractivity contribution < 1.29 is 4.74 Å². The predicted molar refractivity (Wildman–Crippen MR) is 78.3 cm³/mol. The van der Waals surface area contributed by atoms with Gasteiger partial charge in [-0.25, -0.2) is 4.98 Å². The molecule has 0 amide bonds. The minimum Gasteiger partial charge on any atom is -0.380 e. The first kappa shape index (κ1) is 15.6. The molecule has 0 saturated carbocycles. The van der Waals surface area contributed by atoms with Crippen molar-refractivity contribution in [1.29, 1.82) is 0 Å². The van der Waals surface area contributed by atoms with Gasteiger partial charge in [0.2, 0.25) is 0 Å². The predicted octanol–water partition coefficient (Wildman–Crippen LogP) is 3.18. The fourth-order valence-electron chi connectivity index (χ4n) is 2.12. The normalized spacial score (nSPS) is 14.7. The molecule has 0 radical (unpaired) electrons. The number of nitrogens with zero attached hydrogens (tertiary/aromatic N) is 1. The molecule has 3 nitrogen and oxygen atoms in total. The Balaban J connectivity index is 2.63. The molecule has 18 heavy (non-hydrogen) atoms. The SMILES string of the molecule is CCCNC(Cc1nc(C)cs1)C(CCC)OC. The van der Waals surface area contributed by atoms with Gasteiger partial charge in [0.15, 0.2) is 0 Å². The van der Waals surface area contributed by atoms with Crippen LogP contribution in [0.4, 0.5) is 0 Å². The molecule has 1 heterocycles. The van der Waals surface area contributed by atoms with Gasteiger partial charge in [0.1, 0.15) is 0 Å². The second kappa shape index (κ2) is 8.62. The highest BCUT2D eigenvalue weighted by molar-refractivity contribution is 7.09. The van der Waals surface area contributed by atoms with E-state index in [0.29, 0.717) is 6.04 Å². The van der Waals surface area contributed by atoms with Gasteiger partial charge in [-0.1, -0.05) is 20.3 Å². The van der Waals surface area contributed by atoms with E-state index in [4.69, 9.17) is 4.74 Å². The lowest BCUT2D eigenvalue weighted by atomic mass is 10.0. The summed E-state index contributed by atoms with van der Waals surface area (Å²) < 4.78 is 5.64. The molecule has 0 saturated heterocycles. The van der Waals surface area contributed by atoms with Crippen LogP contribution in [0.1, 0.15) is 43.8 Å². The van der Waals surface area contributed by atoms with E-state index in [1.807, 2.05) is 14.0 Å². The quantitative estimate of drug-likeness (QED) is 0.748. The zero-order valence-corrected chi connectivity index (χ0v) is 12.8. The van der Waals surface area contributed by atoms with Gasteiger partial charge in [0, 0.05) is 30.6 Å². The van der Waals surface area contributed by atoms with Crippen LogP contribution >= 0.6 is 11.3 Å². The summed E-state index contributed by atoms with van der Waals surface area (Å²) in [6.45, 7) is 7.49. The number of ether oxygens (including phenoxy) is 1. The maximum atomic E-state index is 5.64. The second-order valence-corrected chi connectivity index (χ2v) is 5.65. The van der Waals surface area contributed by atoms with Gasteiger partial charge in [-0.3, -0.25) is 0 Å². The third kappa shape index (κ3) is 5.04. The van der Waals surface area contributed by atoms with E-state index in [2.05, 4.69) is 29.5 Å². The third-order valence-electron chi connectivity index (χ3n) is 3.04. The van der Waals surface area contributed by atoms with Crippen LogP contribution in [-0.4, -0.2) is 30.8 Å². The minimum absolute atomic E-state index is 0.283. The molecule has 0 aliphatic carbocycles. The first-order valence-corrected chi connectivity index (χ1v) is 7.76. The van der Waals surface area contributed by atoms with Crippen LogP contribution in [0.2, 0.25) is 0 Å². The minimum atomic E-state index is 0.283. The zero-order valence-electron chi connectivity index (χ0n) is 12.0. The maximum Gasteiger partial charge on any atom is 0.0944 e. The Morgan fingerprint density at radius 1 is 1.39 bits per heavy atom. The molecule has 1 N–H and O–H groups in total. The van der Waals surface area contributed by atoms with E-state index in [1.54, 1.807) is 11.3 Å². The molecule has 1 rings (SSSR count). The van der Waals surface area contributed by atoms with E-state index in [-0.39, 0.29) is 6.10 Å². The Kier molecular flexibility index (Phi) is 7.47. The van der Waals surface area contributed by atoms with Crippen LogP contribution in [0.5, 0.6) is 0 Å². The number of aromatic nitrogens is 1. The lowest BCUT2D eigenvalue weighted by Crippen LogP contribution is -2.43. The summed E-state index contributed by atoms with van der Waals surface area (Å²) in [5.41, 5.74) is 1.12. The zero-order chi connectivity index (χ0) is 13.4. The lowest BCUT2D eigenvalue weighted by Gasteiger charge is -2.26. The first-order chi connectivity index (χ1) is 8.71. The van der Waals surface area contributed by atoms with Gasteiger partial charge in [-0.15, -0.1) is 11.3 Å². The monoisotopic (exact) mass is 270 g/mol. The average Bonchev–Trinajstić information content (AvgIpc) is 2.77. The summed E-state index contributed by atoms with van der Waals surface area (Å²) in [5, 5.41) is 6.93. The summed E-state index contributed by atoms with van der Waals surface area (Å²) in [6.07, 6.45) is 4.65. The van der Waals surface area contributed by atoms with Crippen molar-refractivity contribution in [2.75, 3.05) is 13.7 Å². The molecule has 0 fully saturated rings. The van der Waals surface area contributed by atoms with Gasteiger partial charge in [-0.05, 0) is 26.3 Å². The van der Waals surface area contributed by atoms with Gasteiger partial charge in [0.05, 0.1) is 11.1 Å². The van der Waals surface area contributed by atoms with Gasteiger partial charge in [-0.2, -0.15) is 0 Å². The molecular formula is C14H26N2OS. The second-order valence-electron chi connectivity index (χ2n) is 4.71. The van der Waals surface area contributed by atoms with Crippen molar-refractivity contribution >= 4 is 11.3 Å².